The van der Waals surface area contributed by atoms with E-state index in [2.05, 4.69) is 18.2 Å². The molecular formula is C30H23Cl2NO4S. The SMILES string of the molecule is CCOc1cc(/C=C2\SC(=O)N(Cc3ccc(Cl)cc3)C2=O)cc(Cl)c1OCc1cccc2ccccc12. The van der Waals surface area contributed by atoms with Crippen molar-refractivity contribution >= 4 is 63.0 Å². The second-order valence-electron chi connectivity index (χ2n) is 8.58. The Kier molecular flexibility index (Phi) is 7.93. The number of rotatable bonds is 8. The molecule has 1 fully saturated rings. The molecule has 0 saturated carbocycles. The summed E-state index contributed by atoms with van der Waals surface area (Å²) in [5.41, 5.74) is 2.47. The van der Waals surface area contributed by atoms with E-state index in [1.165, 1.54) is 4.90 Å². The van der Waals surface area contributed by atoms with Crippen LogP contribution in [0.5, 0.6) is 11.5 Å². The first kappa shape index (κ1) is 26.2. The van der Waals surface area contributed by atoms with Crippen LogP contribution in [0.4, 0.5) is 4.79 Å². The number of amides is 2. The Morgan fingerprint density at radius 1 is 0.921 bits per heavy atom. The maximum Gasteiger partial charge on any atom is 0.293 e. The molecule has 4 aromatic rings. The van der Waals surface area contributed by atoms with E-state index in [0.29, 0.717) is 45.2 Å². The van der Waals surface area contributed by atoms with Crippen molar-refractivity contribution in [3.05, 3.63) is 111 Å². The van der Waals surface area contributed by atoms with Crippen LogP contribution in [0.25, 0.3) is 16.8 Å². The van der Waals surface area contributed by atoms with Gasteiger partial charge in [-0.05, 0) is 76.5 Å². The summed E-state index contributed by atoms with van der Waals surface area (Å²) in [4.78, 5) is 27.1. The van der Waals surface area contributed by atoms with Gasteiger partial charge in [0.15, 0.2) is 11.5 Å². The van der Waals surface area contributed by atoms with Gasteiger partial charge < -0.3 is 9.47 Å². The summed E-state index contributed by atoms with van der Waals surface area (Å²) in [6.07, 6.45) is 1.65. The van der Waals surface area contributed by atoms with E-state index in [1.807, 2.05) is 31.2 Å². The zero-order chi connectivity index (χ0) is 26.6. The summed E-state index contributed by atoms with van der Waals surface area (Å²) in [6, 6.07) is 24.7. The van der Waals surface area contributed by atoms with Gasteiger partial charge in [0, 0.05) is 5.02 Å². The zero-order valence-corrected chi connectivity index (χ0v) is 22.8. The molecule has 38 heavy (non-hydrogen) atoms. The Bertz CT molecular complexity index is 1550. The highest BCUT2D eigenvalue weighted by molar-refractivity contribution is 8.18. The van der Waals surface area contributed by atoms with Crippen LogP contribution in [-0.2, 0) is 17.9 Å². The molecule has 1 saturated heterocycles. The van der Waals surface area contributed by atoms with Crippen molar-refractivity contribution in [2.24, 2.45) is 0 Å². The first-order chi connectivity index (χ1) is 18.4. The molecule has 5 rings (SSSR count). The fourth-order valence-corrected chi connectivity index (χ4v) is 5.44. The summed E-state index contributed by atoms with van der Waals surface area (Å²) >= 11 is 13.5. The van der Waals surface area contributed by atoms with Crippen LogP contribution >= 0.6 is 35.0 Å². The third kappa shape index (κ3) is 5.68. The Morgan fingerprint density at radius 3 is 2.47 bits per heavy atom. The molecule has 0 N–H and O–H groups in total. The molecule has 0 atom stereocenters. The summed E-state index contributed by atoms with van der Waals surface area (Å²) in [7, 11) is 0. The van der Waals surface area contributed by atoms with Gasteiger partial charge in [0.2, 0.25) is 0 Å². The lowest BCUT2D eigenvalue weighted by Crippen LogP contribution is -2.27. The lowest BCUT2D eigenvalue weighted by Gasteiger charge is -2.15. The van der Waals surface area contributed by atoms with Crippen molar-refractivity contribution < 1.29 is 19.1 Å². The van der Waals surface area contributed by atoms with Crippen molar-refractivity contribution in [1.29, 1.82) is 0 Å². The van der Waals surface area contributed by atoms with E-state index in [9.17, 15) is 9.59 Å². The summed E-state index contributed by atoms with van der Waals surface area (Å²) < 4.78 is 12.0. The lowest BCUT2D eigenvalue weighted by atomic mass is 10.1. The minimum Gasteiger partial charge on any atom is -0.490 e. The highest BCUT2D eigenvalue weighted by Crippen LogP contribution is 2.40. The number of carbonyl (C=O) groups is 2. The van der Waals surface area contributed by atoms with Gasteiger partial charge in [0.1, 0.15) is 6.61 Å². The van der Waals surface area contributed by atoms with Crippen molar-refractivity contribution in [2.75, 3.05) is 6.61 Å². The fourth-order valence-electron chi connectivity index (χ4n) is 4.20. The van der Waals surface area contributed by atoms with Crippen LogP contribution < -0.4 is 9.47 Å². The minimum atomic E-state index is -0.361. The van der Waals surface area contributed by atoms with Crippen LogP contribution in [-0.4, -0.2) is 22.7 Å². The van der Waals surface area contributed by atoms with Crippen LogP contribution in [0, 0.1) is 0 Å². The predicted molar refractivity (Wildman–Crippen MR) is 154 cm³/mol. The highest BCUT2D eigenvalue weighted by atomic mass is 35.5. The van der Waals surface area contributed by atoms with Crippen LogP contribution in [0.2, 0.25) is 10.0 Å². The quantitative estimate of drug-likeness (QED) is 0.201. The maximum absolute atomic E-state index is 13.0. The summed E-state index contributed by atoms with van der Waals surface area (Å²) in [5.74, 6) is 0.529. The fraction of sp³-hybridized carbons (Fsp3) is 0.133. The molecule has 2 amide bonds. The normalized spacial score (nSPS) is 14.5. The molecule has 192 valence electrons. The molecule has 0 spiro atoms. The number of benzene rings is 4. The van der Waals surface area contributed by atoms with E-state index in [1.54, 1.807) is 42.5 Å². The van der Waals surface area contributed by atoms with Gasteiger partial charge in [-0.15, -0.1) is 0 Å². The second-order valence-corrected chi connectivity index (χ2v) is 10.4. The van der Waals surface area contributed by atoms with Gasteiger partial charge in [-0.25, -0.2) is 0 Å². The van der Waals surface area contributed by atoms with Gasteiger partial charge in [-0.2, -0.15) is 0 Å². The standard InChI is InChI=1S/C30H23Cl2NO4S/c1-2-36-26-15-20(16-27-29(34)33(30(35)38-27)17-19-10-12-23(31)13-11-19)14-25(32)28(26)37-18-22-8-5-7-21-6-3-4-9-24(21)22/h3-16H,2,17-18H2,1H3/b27-16-. The van der Waals surface area contributed by atoms with E-state index >= 15 is 0 Å². The predicted octanol–water partition coefficient (Wildman–Crippen LogP) is 8.36. The maximum atomic E-state index is 13.0. The number of nitrogens with zero attached hydrogens (tertiary/aromatic N) is 1. The average Bonchev–Trinajstić information content (AvgIpc) is 3.17. The Labute approximate surface area is 234 Å². The smallest absolute Gasteiger partial charge is 0.293 e. The molecule has 0 aromatic heterocycles. The van der Waals surface area contributed by atoms with Crippen LogP contribution in [0.3, 0.4) is 0 Å². The van der Waals surface area contributed by atoms with Gasteiger partial charge in [-0.3, -0.25) is 14.5 Å². The van der Waals surface area contributed by atoms with Gasteiger partial charge in [-0.1, -0.05) is 77.8 Å². The van der Waals surface area contributed by atoms with E-state index in [-0.39, 0.29) is 17.7 Å². The van der Waals surface area contributed by atoms with Gasteiger partial charge in [0.25, 0.3) is 11.1 Å². The van der Waals surface area contributed by atoms with Crippen LogP contribution in [0.1, 0.15) is 23.6 Å². The second kappa shape index (κ2) is 11.5. The van der Waals surface area contributed by atoms with Crippen molar-refractivity contribution in [3.8, 4) is 11.5 Å². The molecule has 0 bridgehead atoms. The average molecular weight is 564 g/mol. The Hall–Kier alpha value is -3.45. The number of hydrogen-bond acceptors (Lipinski definition) is 5. The van der Waals surface area contributed by atoms with Crippen molar-refractivity contribution in [3.63, 3.8) is 0 Å². The molecule has 5 nitrogen and oxygen atoms in total. The summed E-state index contributed by atoms with van der Waals surface area (Å²) in [5, 5.41) is 2.85. The molecule has 1 heterocycles. The molecular weight excluding hydrogens is 541 g/mol. The number of imide groups is 1. The number of hydrogen-bond donors (Lipinski definition) is 0. The van der Waals surface area contributed by atoms with Crippen LogP contribution in [0.15, 0.2) is 83.8 Å². The molecule has 0 unspecified atom stereocenters. The Morgan fingerprint density at radius 2 is 1.68 bits per heavy atom. The molecule has 0 aliphatic carbocycles. The Balaban J connectivity index is 1.38. The molecule has 1 aliphatic rings. The van der Waals surface area contributed by atoms with E-state index in [0.717, 1.165) is 33.7 Å². The first-order valence-corrected chi connectivity index (χ1v) is 13.6. The number of fused-ring (bicyclic) bond motifs is 1. The zero-order valence-electron chi connectivity index (χ0n) is 20.4. The third-order valence-corrected chi connectivity index (χ3v) is 7.45. The third-order valence-electron chi connectivity index (χ3n) is 6.01. The molecule has 1 aliphatic heterocycles. The largest absolute Gasteiger partial charge is 0.490 e. The van der Waals surface area contributed by atoms with Crippen molar-refractivity contribution in [1.82, 2.24) is 4.90 Å². The lowest BCUT2D eigenvalue weighted by molar-refractivity contribution is -0.123. The topological polar surface area (TPSA) is 55.8 Å². The summed E-state index contributed by atoms with van der Waals surface area (Å²) in [6.45, 7) is 2.76. The highest BCUT2D eigenvalue weighted by Gasteiger charge is 2.35. The molecule has 0 radical (unpaired) electrons. The van der Waals surface area contributed by atoms with E-state index in [4.69, 9.17) is 32.7 Å². The van der Waals surface area contributed by atoms with E-state index < -0.39 is 0 Å². The van der Waals surface area contributed by atoms with Crippen molar-refractivity contribution in [2.45, 2.75) is 20.1 Å². The first-order valence-electron chi connectivity index (χ1n) is 12.0. The minimum absolute atomic E-state index is 0.172. The molecule has 4 aromatic carbocycles. The number of carbonyl (C=O) groups excluding carboxylic acids is 2. The number of ether oxygens (including phenoxy) is 2. The van der Waals surface area contributed by atoms with Gasteiger partial charge >= 0.3 is 0 Å². The monoisotopic (exact) mass is 563 g/mol. The number of thioether (sulfide) groups is 1. The van der Waals surface area contributed by atoms with Gasteiger partial charge in [0.05, 0.1) is 23.1 Å². The number of halogens is 2. The molecule has 8 heteroatoms.